The largest absolute Gasteiger partial charge is 0.361 e. The molecule has 0 spiro atoms. The lowest BCUT2D eigenvalue weighted by molar-refractivity contribution is -0.126. The summed E-state index contributed by atoms with van der Waals surface area (Å²) in [6.07, 6.45) is 10.0. The van der Waals surface area contributed by atoms with Gasteiger partial charge in [0, 0.05) is 35.6 Å². The van der Waals surface area contributed by atoms with Crippen molar-refractivity contribution >= 4 is 16.8 Å². The maximum Gasteiger partial charge on any atom is 0.223 e. The number of carbonyl (C=O) groups excluding carboxylic acids is 1. The third-order valence-corrected chi connectivity index (χ3v) is 5.25. The molecular formula is C21H29N3O. The molecule has 0 unspecified atom stereocenters. The van der Waals surface area contributed by atoms with Gasteiger partial charge >= 0.3 is 0 Å². The minimum atomic E-state index is 0.181. The van der Waals surface area contributed by atoms with Gasteiger partial charge in [0.15, 0.2) is 0 Å². The smallest absolute Gasteiger partial charge is 0.223 e. The minimum absolute atomic E-state index is 0.181. The highest BCUT2D eigenvalue weighted by atomic mass is 16.1. The molecular weight excluding hydrogens is 310 g/mol. The lowest BCUT2D eigenvalue weighted by Crippen LogP contribution is -2.39. The zero-order valence-corrected chi connectivity index (χ0v) is 14.9. The van der Waals surface area contributed by atoms with E-state index >= 15 is 0 Å². The molecule has 134 valence electrons. The second-order valence-electron chi connectivity index (χ2n) is 6.98. The van der Waals surface area contributed by atoms with E-state index in [9.17, 15) is 4.79 Å². The van der Waals surface area contributed by atoms with E-state index in [0.29, 0.717) is 12.6 Å². The van der Waals surface area contributed by atoms with Crippen LogP contribution in [-0.4, -0.2) is 30.0 Å². The van der Waals surface area contributed by atoms with Crippen LogP contribution in [0, 0.1) is 5.92 Å². The maximum atomic E-state index is 12.4. The summed E-state index contributed by atoms with van der Waals surface area (Å²) in [5.74, 6) is 0.407. The highest BCUT2D eigenvalue weighted by Gasteiger charge is 2.25. The number of aromatic amines is 1. The minimum Gasteiger partial charge on any atom is -0.361 e. The van der Waals surface area contributed by atoms with Crippen molar-refractivity contribution in [2.45, 2.75) is 44.6 Å². The predicted octanol–water partition coefficient (Wildman–Crippen LogP) is 3.55. The Bertz CT molecular complexity index is 698. The number of para-hydroxylation sites is 1. The van der Waals surface area contributed by atoms with Crippen LogP contribution in [0.4, 0.5) is 0 Å². The van der Waals surface area contributed by atoms with E-state index in [-0.39, 0.29) is 11.8 Å². The summed E-state index contributed by atoms with van der Waals surface area (Å²) >= 11 is 0. The van der Waals surface area contributed by atoms with Crippen LogP contribution in [0.1, 0.15) is 37.7 Å². The van der Waals surface area contributed by atoms with Crippen molar-refractivity contribution < 1.29 is 4.79 Å². The molecule has 1 amide bonds. The molecule has 0 saturated heterocycles. The quantitative estimate of drug-likeness (QED) is 0.509. The summed E-state index contributed by atoms with van der Waals surface area (Å²) in [4.78, 5) is 15.7. The topological polar surface area (TPSA) is 56.9 Å². The molecule has 0 atom stereocenters. The van der Waals surface area contributed by atoms with Crippen LogP contribution in [0.3, 0.4) is 0 Å². The average Bonchev–Trinajstić information content (AvgIpc) is 3.06. The first-order valence-corrected chi connectivity index (χ1v) is 9.45. The molecule has 1 fully saturated rings. The molecule has 1 aromatic carbocycles. The van der Waals surface area contributed by atoms with Gasteiger partial charge in [-0.15, -0.1) is 6.58 Å². The van der Waals surface area contributed by atoms with Crippen LogP contribution in [-0.2, 0) is 11.2 Å². The first-order chi connectivity index (χ1) is 12.3. The monoisotopic (exact) mass is 339 g/mol. The molecule has 4 heteroatoms. The number of hydrogen-bond acceptors (Lipinski definition) is 2. The molecule has 2 aromatic rings. The summed E-state index contributed by atoms with van der Waals surface area (Å²) in [5, 5.41) is 7.94. The van der Waals surface area contributed by atoms with Crippen LogP contribution < -0.4 is 10.6 Å². The number of H-pyrrole nitrogens is 1. The normalized spacial score (nSPS) is 20.5. The van der Waals surface area contributed by atoms with E-state index in [4.69, 9.17) is 0 Å². The first kappa shape index (κ1) is 17.7. The first-order valence-electron chi connectivity index (χ1n) is 9.45. The number of nitrogens with one attached hydrogen (secondary N) is 3. The fourth-order valence-corrected chi connectivity index (χ4v) is 3.75. The fourth-order valence-electron chi connectivity index (χ4n) is 3.75. The molecule has 1 aliphatic carbocycles. The number of rotatable bonds is 8. The van der Waals surface area contributed by atoms with E-state index in [0.717, 1.165) is 50.6 Å². The van der Waals surface area contributed by atoms with Crippen molar-refractivity contribution in [1.29, 1.82) is 0 Å². The average molecular weight is 339 g/mol. The van der Waals surface area contributed by atoms with Gasteiger partial charge in [0.05, 0.1) is 0 Å². The Balaban J connectivity index is 1.39. The van der Waals surface area contributed by atoms with Crippen molar-refractivity contribution in [3.8, 4) is 0 Å². The molecule has 0 aliphatic heterocycles. The Morgan fingerprint density at radius 3 is 2.80 bits per heavy atom. The Kier molecular flexibility index (Phi) is 6.29. The van der Waals surface area contributed by atoms with Gasteiger partial charge < -0.3 is 15.6 Å². The maximum absolute atomic E-state index is 12.4. The van der Waals surface area contributed by atoms with Gasteiger partial charge in [0.1, 0.15) is 0 Å². The van der Waals surface area contributed by atoms with Crippen molar-refractivity contribution in [3.05, 3.63) is 48.7 Å². The summed E-state index contributed by atoms with van der Waals surface area (Å²) in [6.45, 7) is 5.45. The number of benzene rings is 1. The van der Waals surface area contributed by atoms with E-state index < -0.39 is 0 Å². The molecule has 1 saturated carbocycles. The highest BCUT2D eigenvalue weighted by molar-refractivity contribution is 5.83. The lowest BCUT2D eigenvalue weighted by atomic mass is 9.85. The van der Waals surface area contributed by atoms with Crippen LogP contribution in [0.15, 0.2) is 43.1 Å². The van der Waals surface area contributed by atoms with Crippen LogP contribution >= 0.6 is 0 Å². The molecule has 25 heavy (non-hydrogen) atoms. The second-order valence-corrected chi connectivity index (χ2v) is 6.98. The molecule has 0 bridgehead atoms. The summed E-state index contributed by atoms with van der Waals surface area (Å²) in [7, 11) is 0. The van der Waals surface area contributed by atoms with Gasteiger partial charge in [-0.2, -0.15) is 0 Å². The van der Waals surface area contributed by atoms with Crippen LogP contribution in [0.25, 0.3) is 10.9 Å². The highest BCUT2D eigenvalue weighted by Crippen LogP contribution is 2.24. The summed E-state index contributed by atoms with van der Waals surface area (Å²) in [5.41, 5.74) is 2.43. The number of amides is 1. The SMILES string of the molecule is C=CCCNC1CCC(C(=O)NCCc2c[nH]c3ccccc23)CC1. The van der Waals surface area contributed by atoms with Crippen LogP contribution in [0.5, 0.6) is 0 Å². The number of aromatic nitrogens is 1. The Morgan fingerprint density at radius 2 is 2.00 bits per heavy atom. The number of fused-ring (bicyclic) bond motifs is 1. The van der Waals surface area contributed by atoms with Crippen molar-refractivity contribution in [2.75, 3.05) is 13.1 Å². The molecule has 4 nitrogen and oxygen atoms in total. The number of hydrogen-bond donors (Lipinski definition) is 3. The van der Waals surface area contributed by atoms with E-state index in [1.54, 1.807) is 0 Å². The summed E-state index contributed by atoms with van der Waals surface area (Å²) < 4.78 is 0. The van der Waals surface area contributed by atoms with Gasteiger partial charge in [0.2, 0.25) is 5.91 Å². The Morgan fingerprint density at radius 1 is 1.20 bits per heavy atom. The number of carbonyl (C=O) groups is 1. The third kappa shape index (κ3) is 4.73. The van der Waals surface area contributed by atoms with E-state index in [1.807, 2.05) is 12.1 Å². The predicted molar refractivity (Wildman–Crippen MR) is 104 cm³/mol. The van der Waals surface area contributed by atoms with Crippen molar-refractivity contribution in [3.63, 3.8) is 0 Å². The Labute approximate surface area is 150 Å². The molecule has 1 heterocycles. The van der Waals surface area contributed by atoms with Gasteiger partial charge in [0.25, 0.3) is 0 Å². The Hall–Kier alpha value is -2.07. The van der Waals surface area contributed by atoms with Crippen LogP contribution in [0.2, 0.25) is 0 Å². The summed E-state index contributed by atoms with van der Waals surface area (Å²) in [6, 6.07) is 8.87. The van der Waals surface area contributed by atoms with Gasteiger partial charge in [-0.05, 0) is 56.7 Å². The fraction of sp³-hybridized carbons (Fsp3) is 0.476. The molecule has 3 N–H and O–H groups in total. The third-order valence-electron chi connectivity index (χ3n) is 5.25. The van der Waals surface area contributed by atoms with Crippen molar-refractivity contribution in [1.82, 2.24) is 15.6 Å². The zero-order chi connectivity index (χ0) is 17.5. The lowest BCUT2D eigenvalue weighted by Gasteiger charge is -2.28. The van der Waals surface area contributed by atoms with Gasteiger partial charge in [-0.25, -0.2) is 0 Å². The van der Waals surface area contributed by atoms with Gasteiger partial charge in [-0.1, -0.05) is 24.3 Å². The molecule has 0 radical (unpaired) electrons. The zero-order valence-electron chi connectivity index (χ0n) is 14.9. The van der Waals surface area contributed by atoms with Crippen molar-refractivity contribution in [2.24, 2.45) is 5.92 Å². The van der Waals surface area contributed by atoms with E-state index in [1.165, 1.54) is 10.9 Å². The molecule has 1 aromatic heterocycles. The molecule has 3 rings (SSSR count). The molecule has 1 aliphatic rings. The van der Waals surface area contributed by atoms with E-state index in [2.05, 4.69) is 46.6 Å². The second kappa shape index (κ2) is 8.86. The van der Waals surface area contributed by atoms with Gasteiger partial charge in [-0.3, -0.25) is 4.79 Å². The standard InChI is InChI=1S/C21H29N3O/c1-2-3-13-22-18-10-8-16(9-11-18)21(25)23-14-12-17-15-24-20-7-5-4-6-19(17)20/h2,4-7,15-16,18,22,24H,1,3,8-14H2,(H,23,25).